The topological polar surface area (TPSA) is 52.0 Å². The summed E-state index contributed by atoms with van der Waals surface area (Å²) in [4.78, 5) is 4.31. The summed E-state index contributed by atoms with van der Waals surface area (Å²) >= 11 is 0. The molecule has 126 valence electrons. The zero-order valence-electron chi connectivity index (χ0n) is 14.2. The first kappa shape index (κ1) is 16.7. The minimum atomic E-state index is -3.04. The van der Waals surface area contributed by atoms with Crippen LogP contribution in [0.25, 0.3) is 22.2 Å². The van der Waals surface area contributed by atoms with E-state index >= 15 is 0 Å². The Bertz CT molecular complexity index is 972. The van der Waals surface area contributed by atoms with Crippen LogP contribution in [0.5, 0.6) is 0 Å². The number of pyridine rings is 1. The van der Waals surface area contributed by atoms with Crippen molar-refractivity contribution in [2.24, 2.45) is 7.05 Å². The van der Waals surface area contributed by atoms with Gasteiger partial charge in [-0.1, -0.05) is 18.2 Å². The van der Waals surface area contributed by atoms with Crippen molar-refractivity contribution in [1.29, 1.82) is 0 Å². The van der Waals surface area contributed by atoms with Crippen molar-refractivity contribution >= 4 is 20.7 Å². The highest BCUT2D eigenvalue weighted by Crippen LogP contribution is 2.27. The summed E-state index contributed by atoms with van der Waals surface area (Å²) in [7, 11) is -1.00. The smallest absolute Gasteiger partial charge is 0.152 e. The Labute approximate surface area is 143 Å². The molecule has 0 N–H and O–H groups in total. The van der Waals surface area contributed by atoms with Crippen LogP contribution >= 0.6 is 0 Å². The lowest BCUT2D eigenvalue weighted by Gasteiger charge is -2.09. The predicted molar refractivity (Wildman–Crippen MR) is 98.8 cm³/mol. The van der Waals surface area contributed by atoms with Crippen LogP contribution in [0.4, 0.5) is 0 Å². The number of rotatable bonds is 5. The molecule has 0 amide bonds. The lowest BCUT2D eigenvalue weighted by atomic mass is 10.1. The van der Waals surface area contributed by atoms with E-state index in [1.165, 1.54) is 10.9 Å². The molecule has 0 aliphatic rings. The van der Waals surface area contributed by atoms with Gasteiger partial charge in [0.2, 0.25) is 0 Å². The molecule has 3 rings (SSSR count). The number of nitrogens with zero attached hydrogens (tertiary/aromatic N) is 2. The van der Waals surface area contributed by atoms with Gasteiger partial charge in [0.25, 0.3) is 0 Å². The zero-order chi connectivity index (χ0) is 17.3. The molecule has 0 aliphatic carbocycles. The molecule has 0 unspecified atom stereocenters. The third kappa shape index (κ3) is 3.22. The van der Waals surface area contributed by atoms with Gasteiger partial charge < -0.3 is 4.57 Å². The summed E-state index contributed by atoms with van der Waals surface area (Å²) in [6.45, 7) is 3.44. The van der Waals surface area contributed by atoms with Crippen molar-refractivity contribution in [2.45, 2.75) is 25.5 Å². The van der Waals surface area contributed by atoms with Gasteiger partial charge in [0.05, 0.1) is 16.7 Å². The van der Waals surface area contributed by atoms with Gasteiger partial charge in [-0.2, -0.15) is 0 Å². The van der Waals surface area contributed by atoms with E-state index in [1.54, 1.807) is 20.0 Å². The first-order valence-corrected chi connectivity index (χ1v) is 9.80. The van der Waals surface area contributed by atoms with Crippen LogP contribution in [0.1, 0.15) is 19.4 Å². The first-order valence-electron chi connectivity index (χ1n) is 8.09. The fourth-order valence-electron chi connectivity index (χ4n) is 2.83. The fraction of sp³-hybridized carbons (Fsp3) is 0.316. The third-order valence-electron chi connectivity index (χ3n) is 4.44. The molecule has 0 fully saturated rings. The summed E-state index contributed by atoms with van der Waals surface area (Å²) < 4.78 is 26.2. The highest BCUT2D eigenvalue weighted by atomic mass is 32.2. The Morgan fingerprint density at radius 1 is 1.12 bits per heavy atom. The highest BCUT2D eigenvalue weighted by Gasteiger charge is 2.16. The largest absolute Gasteiger partial charge is 0.344 e. The molecule has 0 aliphatic heterocycles. The van der Waals surface area contributed by atoms with Crippen molar-refractivity contribution in [1.82, 2.24) is 9.55 Å². The Hall–Kier alpha value is -2.14. The number of aromatic nitrogens is 2. The van der Waals surface area contributed by atoms with Gasteiger partial charge in [-0.3, -0.25) is 4.98 Å². The molecular formula is C19H22N2O2S. The molecule has 2 heterocycles. The second-order valence-electron chi connectivity index (χ2n) is 6.40. The number of hydrogen-bond donors (Lipinski definition) is 0. The lowest BCUT2D eigenvalue weighted by molar-refractivity contribution is 0.586. The minimum Gasteiger partial charge on any atom is -0.344 e. The molecule has 0 spiro atoms. The number of aryl methyl sites for hydroxylation is 2. The number of sulfone groups is 1. The van der Waals surface area contributed by atoms with Gasteiger partial charge in [0.15, 0.2) is 9.84 Å². The van der Waals surface area contributed by atoms with E-state index in [0.29, 0.717) is 6.42 Å². The van der Waals surface area contributed by atoms with Crippen molar-refractivity contribution in [3.63, 3.8) is 0 Å². The van der Waals surface area contributed by atoms with E-state index in [0.717, 1.165) is 16.8 Å². The van der Waals surface area contributed by atoms with Gasteiger partial charge in [0, 0.05) is 35.9 Å². The maximum absolute atomic E-state index is 12.0. The Balaban J connectivity index is 1.91. The minimum absolute atomic E-state index is 0.158. The molecule has 5 heteroatoms. The number of hydrogen-bond acceptors (Lipinski definition) is 3. The molecule has 1 aromatic carbocycles. The number of para-hydroxylation sites is 1. The number of benzene rings is 1. The van der Waals surface area contributed by atoms with Crippen LogP contribution in [0.3, 0.4) is 0 Å². The molecule has 0 bridgehead atoms. The first-order chi connectivity index (χ1) is 11.4. The van der Waals surface area contributed by atoms with Gasteiger partial charge >= 0.3 is 0 Å². The molecule has 24 heavy (non-hydrogen) atoms. The van der Waals surface area contributed by atoms with E-state index < -0.39 is 9.84 Å². The van der Waals surface area contributed by atoms with Crippen LogP contribution in [0.2, 0.25) is 0 Å². The predicted octanol–water partition coefficient (Wildman–Crippen LogP) is 3.61. The second kappa shape index (κ2) is 6.40. The maximum atomic E-state index is 12.0. The monoisotopic (exact) mass is 342 g/mol. The van der Waals surface area contributed by atoms with E-state index in [4.69, 9.17) is 0 Å². The van der Waals surface area contributed by atoms with Crippen molar-refractivity contribution in [3.8, 4) is 11.3 Å². The standard InChI is InChI=1S/C19H22N2O2S/c1-14(2)24(22,23)9-8-15-10-17(13-20-12-15)19-11-16-6-4-5-7-18(16)21(19)3/h4-7,10-14H,8-9H2,1-3H3. The summed E-state index contributed by atoms with van der Waals surface area (Å²) in [6, 6.07) is 12.4. The van der Waals surface area contributed by atoms with Gasteiger partial charge in [-0.05, 0) is 44.0 Å². The molecular weight excluding hydrogens is 320 g/mol. The Kier molecular flexibility index (Phi) is 4.45. The van der Waals surface area contributed by atoms with E-state index in [9.17, 15) is 8.42 Å². The lowest BCUT2D eigenvalue weighted by Crippen LogP contribution is -2.19. The van der Waals surface area contributed by atoms with Crippen LogP contribution in [0, 0.1) is 0 Å². The average molecular weight is 342 g/mol. The molecule has 0 saturated carbocycles. The van der Waals surface area contributed by atoms with Gasteiger partial charge in [0.1, 0.15) is 0 Å². The van der Waals surface area contributed by atoms with Gasteiger partial charge in [-0.25, -0.2) is 8.42 Å². The van der Waals surface area contributed by atoms with Gasteiger partial charge in [-0.15, -0.1) is 0 Å². The quantitative estimate of drug-likeness (QED) is 0.712. The molecule has 0 radical (unpaired) electrons. The molecule has 4 nitrogen and oxygen atoms in total. The van der Waals surface area contributed by atoms with E-state index in [2.05, 4.69) is 27.8 Å². The normalized spacial score (nSPS) is 12.2. The fourth-order valence-corrected chi connectivity index (χ4v) is 3.82. The SMILES string of the molecule is CC(C)S(=O)(=O)CCc1cncc(-c2cc3ccccc3n2C)c1. The van der Waals surface area contributed by atoms with Crippen molar-refractivity contribution < 1.29 is 8.42 Å². The van der Waals surface area contributed by atoms with Crippen LogP contribution < -0.4 is 0 Å². The Morgan fingerprint density at radius 3 is 2.58 bits per heavy atom. The second-order valence-corrected chi connectivity index (χ2v) is 9.07. The average Bonchev–Trinajstić information content (AvgIpc) is 2.91. The van der Waals surface area contributed by atoms with Crippen molar-refractivity contribution in [2.75, 3.05) is 5.75 Å². The summed E-state index contributed by atoms with van der Waals surface area (Å²) in [5.41, 5.74) is 4.20. The number of fused-ring (bicyclic) bond motifs is 1. The van der Waals surface area contributed by atoms with E-state index in [-0.39, 0.29) is 11.0 Å². The molecule has 2 aromatic heterocycles. The molecule has 3 aromatic rings. The summed E-state index contributed by atoms with van der Waals surface area (Å²) in [6.07, 6.45) is 4.07. The molecule has 0 atom stereocenters. The Morgan fingerprint density at radius 2 is 1.88 bits per heavy atom. The molecule has 0 saturated heterocycles. The van der Waals surface area contributed by atoms with Crippen LogP contribution in [-0.4, -0.2) is 29.0 Å². The highest BCUT2D eigenvalue weighted by molar-refractivity contribution is 7.91. The van der Waals surface area contributed by atoms with Crippen LogP contribution in [-0.2, 0) is 23.3 Å². The third-order valence-corrected chi connectivity index (χ3v) is 6.65. The van der Waals surface area contributed by atoms with E-state index in [1.807, 2.05) is 31.4 Å². The maximum Gasteiger partial charge on any atom is 0.152 e. The zero-order valence-corrected chi connectivity index (χ0v) is 15.0. The van der Waals surface area contributed by atoms with Crippen LogP contribution in [0.15, 0.2) is 48.8 Å². The summed E-state index contributed by atoms with van der Waals surface area (Å²) in [5, 5.41) is 0.842. The van der Waals surface area contributed by atoms with Crippen molar-refractivity contribution in [3.05, 3.63) is 54.4 Å². The summed E-state index contributed by atoms with van der Waals surface area (Å²) in [5.74, 6) is 0.158.